The van der Waals surface area contributed by atoms with Gasteiger partial charge in [-0.1, -0.05) is 0 Å². The van der Waals surface area contributed by atoms with Gasteiger partial charge in [0.2, 0.25) is 0 Å². The first-order chi connectivity index (χ1) is 8.17. The maximum absolute atomic E-state index is 9.87. The van der Waals surface area contributed by atoms with Crippen LogP contribution in [0.5, 0.6) is 0 Å². The topological polar surface area (TPSA) is 161 Å². The second-order valence-corrected chi connectivity index (χ2v) is 3.12. The molecule has 0 aromatic carbocycles. The molecule has 18 heavy (non-hydrogen) atoms. The van der Waals surface area contributed by atoms with Crippen molar-refractivity contribution in [2.24, 2.45) is 11.5 Å². The normalized spacial score (nSPS) is 8.00. The molecule has 0 spiro atoms. The quantitative estimate of drug-likeness (QED) is 0.460. The molecule has 0 radical (unpaired) electrons. The lowest BCUT2D eigenvalue weighted by Crippen LogP contribution is -2.11. The fraction of sp³-hybridized carbons (Fsp3) is 0.600. The summed E-state index contributed by atoms with van der Waals surface area (Å²) in [5, 5.41) is 15.7. The standard InChI is InChI=1S/2C4H6O3.C2H8N2/c2*1-3(5)2-4(6)7;3-1-2-4/h2*2H2,1H3,(H,6,7);1-4H2. The first-order valence-electron chi connectivity index (χ1n) is 4.99. The summed E-state index contributed by atoms with van der Waals surface area (Å²) in [5.74, 6) is -2.75. The lowest BCUT2D eigenvalue weighted by Gasteiger charge is -1.80. The van der Waals surface area contributed by atoms with E-state index in [0.717, 1.165) is 0 Å². The van der Waals surface area contributed by atoms with Crippen molar-refractivity contribution in [3.8, 4) is 0 Å². The van der Waals surface area contributed by atoms with Crippen LogP contribution in [0.1, 0.15) is 26.7 Å². The Bertz CT molecular complexity index is 226. The number of hydrogen-bond donors (Lipinski definition) is 4. The van der Waals surface area contributed by atoms with Crippen LogP contribution < -0.4 is 11.5 Å². The highest BCUT2D eigenvalue weighted by molar-refractivity contribution is 5.93. The van der Waals surface area contributed by atoms with Crippen molar-refractivity contribution in [1.29, 1.82) is 0 Å². The molecule has 0 aliphatic heterocycles. The molecule has 0 saturated heterocycles. The second-order valence-electron chi connectivity index (χ2n) is 3.12. The summed E-state index contributed by atoms with van der Waals surface area (Å²) in [4.78, 5) is 38.9. The summed E-state index contributed by atoms with van der Waals surface area (Å²) in [7, 11) is 0. The number of rotatable bonds is 5. The molecule has 0 aliphatic rings. The van der Waals surface area contributed by atoms with Gasteiger partial charge in [0, 0.05) is 13.1 Å². The van der Waals surface area contributed by atoms with Crippen LogP contribution in [0, 0.1) is 0 Å². The van der Waals surface area contributed by atoms with E-state index >= 15 is 0 Å². The summed E-state index contributed by atoms with van der Waals surface area (Å²) in [5.41, 5.74) is 9.81. The molecule has 0 aliphatic carbocycles. The molecule has 106 valence electrons. The number of carboxylic acid groups (broad SMARTS) is 2. The molecule has 8 heteroatoms. The van der Waals surface area contributed by atoms with Crippen molar-refractivity contribution < 1.29 is 29.4 Å². The van der Waals surface area contributed by atoms with Gasteiger partial charge in [0.25, 0.3) is 0 Å². The van der Waals surface area contributed by atoms with E-state index in [0.29, 0.717) is 13.1 Å². The van der Waals surface area contributed by atoms with Crippen LogP contribution in [0.4, 0.5) is 0 Å². The van der Waals surface area contributed by atoms with E-state index in [2.05, 4.69) is 0 Å². The van der Waals surface area contributed by atoms with Crippen molar-refractivity contribution in [3.63, 3.8) is 0 Å². The number of Topliss-reactive ketones (excluding diaryl/α,β-unsaturated/α-hetero) is 2. The predicted molar refractivity (Wildman–Crippen MR) is 64.0 cm³/mol. The molecule has 0 aromatic rings. The van der Waals surface area contributed by atoms with Gasteiger partial charge in [-0.2, -0.15) is 0 Å². The Morgan fingerprint density at radius 1 is 0.778 bits per heavy atom. The van der Waals surface area contributed by atoms with E-state index in [1.807, 2.05) is 0 Å². The van der Waals surface area contributed by atoms with Crippen molar-refractivity contribution >= 4 is 23.5 Å². The number of carbonyl (C=O) groups is 4. The maximum Gasteiger partial charge on any atom is 0.310 e. The highest BCUT2D eigenvalue weighted by Gasteiger charge is 1.98. The van der Waals surface area contributed by atoms with Crippen LogP contribution >= 0.6 is 0 Å². The molecule has 8 nitrogen and oxygen atoms in total. The largest absolute Gasteiger partial charge is 0.481 e. The Kier molecular flexibility index (Phi) is 18.1. The highest BCUT2D eigenvalue weighted by atomic mass is 16.4. The van der Waals surface area contributed by atoms with Crippen LogP contribution in [-0.2, 0) is 19.2 Å². The number of aliphatic carboxylic acids is 2. The van der Waals surface area contributed by atoms with Gasteiger partial charge in [-0.05, 0) is 13.8 Å². The van der Waals surface area contributed by atoms with E-state index < -0.39 is 11.9 Å². The molecule has 0 atom stereocenters. The van der Waals surface area contributed by atoms with E-state index in [4.69, 9.17) is 21.7 Å². The van der Waals surface area contributed by atoms with Gasteiger partial charge < -0.3 is 21.7 Å². The fourth-order valence-corrected chi connectivity index (χ4v) is 0.426. The molecule has 0 saturated carbocycles. The minimum absolute atomic E-state index is 0.312. The molecule has 0 rings (SSSR count). The first kappa shape index (κ1) is 21.5. The molecular weight excluding hydrogens is 244 g/mol. The third-order valence-electron chi connectivity index (χ3n) is 0.967. The van der Waals surface area contributed by atoms with E-state index in [1.165, 1.54) is 13.8 Å². The van der Waals surface area contributed by atoms with Gasteiger partial charge in [0.15, 0.2) is 0 Å². The number of ketones is 2. The van der Waals surface area contributed by atoms with Gasteiger partial charge >= 0.3 is 11.9 Å². The third-order valence-corrected chi connectivity index (χ3v) is 0.967. The summed E-state index contributed by atoms with van der Waals surface area (Å²) in [6.07, 6.45) is -0.722. The summed E-state index contributed by atoms with van der Waals surface area (Å²) >= 11 is 0. The monoisotopic (exact) mass is 264 g/mol. The van der Waals surface area contributed by atoms with Crippen molar-refractivity contribution in [1.82, 2.24) is 0 Å². The second kappa shape index (κ2) is 15.2. The molecule has 0 bridgehead atoms. The summed E-state index contributed by atoms with van der Waals surface area (Å²) < 4.78 is 0. The zero-order valence-electron chi connectivity index (χ0n) is 10.5. The zero-order chi connectivity index (χ0) is 15.1. The van der Waals surface area contributed by atoms with E-state index in [1.54, 1.807) is 0 Å². The maximum atomic E-state index is 9.87. The average Bonchev–Trinajstić information content (AvgIpc) is 2.14. The van der Waals surface area contributed by atoms with Crippen LogP contribution in [-0.4, -0.2) is 46.8 Å². The Balaban J connectivity index is -0.000000196. The van der Waals surface area contributed by atoms with E-state index in [9.17, 15) is 19.2 Å². The molecule has 0 amide bonds. The van der Waals surface area contributed by atoms with Gasteiger partial charge in [0.1, 0.15) is 24.4 Å². The minimum atomic E-state index is -1.06. The molecule has 0 aromatic heterocycles. The number of carboxylic acids is 2. The van der Waals surface area contributed by atoms with Crippen molar-refractivity contribution in [2.75, 3.05) is 13.1 Å². The third kappa shape index (κ3) is 47.7. The minimum Gasteiger partial charge on any atom is -0.481 e. The highest BCUT2D eigenvalue weighted by Crippen LogP contribution is 1.78. The Hall–Kier alpha value is -1.80. The fourth-order valence-electron chi connectivity index (χ4n) is 0.426. The number of carbonyl (C=O) groups excluding carboxylic acids is 2. The Labute approximate surface area is 105 Å². The summed E-state index contributed by atoms with van der Waals surface area (Å²) in [6.45, 7) is 3.68. The molecular formula is C10H20N2O6. The SMILES string of the molecule is CC(=O)CC(=O)O.CC(=O)CC(=O)O.NCCN. The average molecular weight is 264 g/mol. The first-order valence-corrected chi connectivity index (χ1v) is 4.99. The van der Waals surface area contributed by atoms with Gasteiger partial charge in [-0.15, -0.1) is 0 Å². The number of hydrogen-bond acceptors (Lipinski definition) is 6. The van der Waals surface area contributed by atoms with Gasteiger partial charge in [-0.25, -0.2) is 0 Å². The van der Waals surface area contributed by atoms with Crippen LogP contribution in [0.25, 0.3) is 0 Å². The molecule has 0 unspecified atom stereocenters. The van der Waals surface area contributed by atoms with Crippen LogP contribution in [0.2, 0.25) is 0 Å². The van der Waals surface area contributed by atoms with Gasteiger partial charge in [-0.3, -0.25) is 19.2 Å². The van der Waals surface area contributed by atoms with Crippen LogP contribution in [0.3, 0.4) is 0 Å². The van der Waals surface area contributed by atoms with Crippen molar-refractivity contribution in [2.45, 2.75) is 26.7 Å². The Morgan fingerprint density at radius 3 is 1.00 bits per heavy atom. The van der Waals surface area contributed by atoms with E-state index in [-0.39, 0.29) is 24.4 Å². The van der Waals surface area contributed by atoms with Crippen molar-refractivity contribution in [3.05, 3.63) is 0 Å². The van der Waals surface area contributed by atoms with Gasteiger partial charge in [0.05, 0.1) is 0 Å². The van der Waals surface area contributed by atoms with Crippen LogP contribution in [0.15, 0.2) is 0 Å². The lowest BCUT2D eigenvalue weighted by atomic mass is 10.3. The molecule has 0 fully saturated rings. The number of nitrogens with two attached hydrogens (primary N) is 2. The lowest BCUT2D eigenvalue weighted by molar-refractivity contribution is -0.141. The summed E-state index contributed by atoms with van der Waals surface area (Å²) in [6, 6.07) is 0. The molecule has 6 N–H and O–H groups in total. The predicted octanol–water partition coefficient (Wildman–Crippen LogP) is -0.996. The zero-order valence-corrected chi connectivity index (χ0v) is 10.5. The molecule has 0 heterocycles. The smallest absolute Gasteiger partial charge is 0.310 e. The Morgan fingerprint density at radius 2 is 1.00 bits per heavy atom.